The van der Waals surface area contributed by atoms with Gasteiger partial charge in [0.05, 0.1) is 48.8 Å². The van der Waals surface area contributed by atoms with Crippen LogP contribution in [0.1, 0.15) is 86.8 Å². The fourth-order valence-corrected chi connectivity index (χ4v) is 9.02. The van der Waals surface area contributed by atoms with Crippen molar-refractivity contribution in [3.05, 3.63) is 41.9 Å². The van der Waals surface area contributed by atoms with Crippen molar-refractivity contribution in [2.45, 2.75) is 101 Å². The van der Waals surface area contributed by atoms with Crippen LogP contribution in [0.3, 0.4) is 0 Å². The highest BCUT2D eigenvalue weighted by atomic mass is 19.4. The molecule has 3 aromatic rings. The molecule has 1 aromatic carbocycles. The van der Waals surface area contributed by atoms with Gasteiger partial charge in [0.2, 0.25) is 0 Å². The first-order chi connectivity index (χ1) is 24.7. The third-order valence-corrected chi connectivity index (χ3v) is 11.4. The van der Waals surface area contributed by atoms with E-state index in [-0.39, 0.29) is 55.0 Å². The van der Waals surface area contributed by atoms with Gasteiger partial charge in [-0.1, -0.05) is 0 Å². The van der Waals surface area contributed by atoms with Crippen molar-refractivity contribution in [2.75, 3.05) is 26.8 Å². The molecule has 1 saturated heterocycles. The number of carbonyl (C=O) groups is 2. The number of fused-ring (bicyclic) bond motifs is 3. The van der Waals surface area contributed by atoms with Gasteiger partial charge in [-0.3, -0.25) is 14.5 Å². The van der Waals surface area contributed by atoms with Crippen LogP contribution in [0.4, 0.5) is 22.0 Å². The zero-order valence-electron chi connectivity index (χ0n) is 29.2. The van der Waals surface area contributed by atoms with Crippen LogP contribution in [-0.2, 0) is 15.7 Å². The van der Waals surface area contributed by atoms with Crippen LogP contribution in [0.25, 0.3) is 22.3 Å². The molecule has 2 unspecified atom stereocenters. The van der Waals surface area contributed by atoms with Crippen LogP contribution < -0.4 is 10.1 Å². The molecule has 3 heterocycles. The molecule has 2 aromatic heterocycles. The lowest BCUT2D eigenvalue weighted by Crippen LogP contribution is -2.60. The van der Waals surface area contributed by atoms with Gasteiger partial charge < -0.3 is 24.5 Å². The van der Waals surface area contributed by atoms with Crippen LogP contribution >= 0.6 is 0 Å². The Morgan fingerprint density at radius 2 is 1.75 bits per heavy atom. The molecule has 2 N–H and O–H groups in total. The van der Waals surface area contributed by atoms with E-state index in [0.717, 1.165) is 38.3 Å². The summed E-state index contributed by atoms with van der Waals surface area (Å²) in [5.74, 6) is -4.19. The highest BCUT2D eigenvalue weighted by molar-refractivity contribution is 5.97. The molecule has 10 nitrogen and oxygen atoms in total. The zero-order valence-corrected chi connectivity index (χ0v) is 29.2. The SMILES string of the molecule is COC[C@@H](C)n1cc(-c2ncc(C(=O)NC3CC4CC(C3)CC(C(=O)O)C4)c(C(F)(F)F)n2)c2ccc(OC3CCC(N4CC(F)(F)C4)CC3)cc21. The van der Waals surface area contributed by atoms with E-state index in [9.17, 15) is 36.6 Å². The number of nitrogens with zero attached hydrogens (tertiary/aromatic N) is 4. The summed E-state index contributed by atoms with van der Waals surface area (Å²) in [7, 11) is 1.56. The summed E-state index contributed by atoms with van der Waals surface area (Å²) in [6.07, 6.45) is 3.42. The first-order valence-electron chi connectivity index (χ1n) is 18.1. The number of ether oxygens (including phenoxy) is 2. The molecule has 3 saturated carbocycles. The predicted octanol–water partition coefficient (Wildman–Crippen LogP) is 6.97. The fraction of sp³-hybridized carbons (Fsp3) is 0.622. The van der Waals surface area contributed by atoms with Crippen LogP contribution in [0.15, 0.2) is 30.6 Å². The molecule has 3 atom stereocenters. The molecule has 3 aliphatic carbocycles. The van der Waals surface area contributed by atoms with E-state index in [2.05, 4.69) is 15.3 Å². The minimum atomic E-state index is -4.94. The average molecular weight is 734 g/mol. The number of nitrogens with one attached hydrogen (secondary N) is 1. The van der Waals surface area contributed by atoms with Gasteiger partial charge in [-0.15, -0.1) is 0 Å². The molecule has 2 bridgehead atoms. The van der Waals surface area contributed by atoms with Gasteiger partial charge in [-0.05, 0) is 88.7 Å². The number of carboxylic acid groups (broad SMARTS) is 1. The summed E-state index contributed by atoms with van der Waals surface area (Å²) in [6, 6.07) is 4.88. The van der Waals surface area contributed by atoms with Crippen molar-refractivity contribution in [1.29, 1.82) is 0 Å². The second-order valence-electron chi connectivity index (χ2n) is 15.3. The number of rotatable bonds is 10. The van der Waals surface area contributed by atoms with Gasteiger partial charge in [-0.25, -0.2) is 18.7 Å². The number of likely N-dealkylation sites (tertiary alicyclic amines) is 1. The second kappa shape index (κ2) is 14.2. The molecule has 0 radical (unpaired) electrons. The maximum atomic E-state index is 14.5. The summed E-state index contributed by atoms with van der Waals surface area (Å²) < 4.78 is 84.0. The molecule has 4 fully saturated rings. The topological polar surface area (TPSA) is 119 Å². The first kappa shape index (κ1) is 36.5. The van der Waals surface area contributed by atoms with Crippen molar-refractivity contribution in [3.63, 3.8) is 0 Å². The van der Waals surface area contributed by atoms with Gasteiger partial charge in [0.15, 0.2) is 11.5 Å². The number of carboxylic acids is 1. The molecule has 1 aliphatic heterocycles. The molecule has 4 aliphatic rings. The fourth-order valence-electron chi connectivity index (χ4n) is 9.02. The van der Waals surface area contributed by atoms with Crippen LogP contribution in [-0.4, -0.2) is 87.3 Å². The van der Waals surface area contributed by atoms with Crippen molar-refractivity contribution in [1.82, 2.24) is 24.8 Å². The normalized spacial score (nSPS) is 28.2. The molecule has 0 spiro atoms. The number of halogens is 5. The Bertz CT molecular complexity index is 1790. The van der Waals surface area contributed by atoms with E-state index in [1.54, 1.807) is 25.4 Å². The van der Waals surface area contributed by atoms with Crippen LogP contribution in [0, 0.1) is 17.8 Å². The minimum absolute atomic E-state index is 0.0897. The molecular weight excluding hydrogens is 689 g/mol. The van der Waals surface area contributed by atoms with Crippen molar-refractivity contribution < 1.29 is 46.1 Å². The predicted molar refractivity (Wildman–Crippen MR) is 180 cm³/mol. The number of methoxy groups -OCH3 is 1. The van der Waals surface area contributed by atoms with Gasteiger partial charge >= 0.3 is 12.1 Å². The van der Waals surface area contributed by atoms with E-state index in [4.69, 9.17) is 9.47 Å². The van der Waals surface area contributed by atoms with E-state index in [0.29, 0.717) is 54.5 Å². The number of alkyl halides is 5. The molecular formula is C37H44F5N5O5. The Morgan fingerprint density at radius 1 is 1.06 bits per heavy atom. The third kappa shape index (κ3) is 7.61. The number of amides is 1. The minimum Gasteiger partial charge on any atom is -0.490 e. The van der Waals surface area contributed by atoms with Crippen molar-refractivity contribution >= 4 is 22.8 Å². The molecule has 7 rings (SSSR count). The van der Waals surface area contributed by atoms with Crippen LogP contribution in [0.5, 0.6) is 5.75 Å². The van der Waals surface area contributed by atoms with Gasteiger partial charge in [0, 0.05) is 48.6 Å². The van der Waals surface area contributed by atoms with E-state index < -0.39 is 41.2 Å². The molecule has 1 amide bonds. The van der Waals surface area contributed by atoms with Gasteiger partial charge in [-0.2, -0.15) is 13.2 Å². The second-order valence-corrected chi connectivity index (χ2v) is 15.3. The summed E-state index contributed by atoms with van der Waals surface area (Å²) in [5, 5.41) is 12.8. The highest BCUT2D eigenvalue weighted by Crippen LogP contribution is 2.43. The Hall–Kier alpha value is -3.85. The van der Waals surface area contributed by atoms with E-state index in [1.807, 2.05) is 22.5 Å². The standard InChI is InChI=1S/C37H44F5N5O5/c1-20(17-51-2)47-16-30(28-8-7-27(14-31(28)47)52-26-5-3-25(4-6-26)46-18-36(38,39)19-46)33-43-15-29(32(45-33)37(40,41)42)34(48)44-24-12-21-9-22(13-24)11-23(10-21)35(49)50/h7-8,14-16,20-26H,3-6,9-13,17-19H2,1-2H3,(H,44,48)(H,49,50)/t20-,21?,22?,23?,24?,25?,26?/m1/s1. The quantitative estimate of drug-likeness (QED) is 0.215. The average Bonchev–Trinajstić information content (AvgIpc) is 3.45. The lowest BCUT2D eigenvalue weighted by atomic mass is 9.66. The summed E-state index contributed by atoms with van der Waals surface area (Å²) in [4.78, 5) is 35.0. The summed E-state index contributed by atoms with van der Waals surface area (Å²) in [6.45, 7) is 1.85. The number of carbonyl (C=O) groups excluding carboxylic acids is 1. The van der Waals surface area contributed by atoms with E-state index in [1.165, 1.54) is 0 Å². The summed E-state index contributed by atoms with van der Waals surface area (Å²) in [5.41, 5.74) is -0.970. The number of hydrogen-bond donors (Lipinski definition) is 2. The van der Waals surface area contributed by atoms with Crippen molar-refractivity contribution in [2.24, 2.45) is 17.8 Å². The Morgan fingerprint density at radius 3 is 2.37 bits per heavy atom. The lowest BCUT2D eigenvalue weighted by molar-refractivity contribution is -0.151. The monoisotopic (exact) mass is 733 g/mol. The number of hydrogen-bond acceptors (Lipinski definition) is 7. The summed E-state index contributed by atoms with van der Waals surface area (Å²) >= 11 is 0. The van der Waals surface area contributed by atoms with E-state index >= 15 is 0 Å². The Balaban J connectivity index is 1.11. The largest absolute Gasteiger partial charge is 0.490 e. The highest BCUT2D eigenvalue weighted by Gasteiger charge is 2.47. The zero-order chi connectivity index (χ0) is 36.9. The Kier molecular flexibility index (Phi) is 9.96. The third-order valence-electron chi connectivity index (χ3n) is 11.4. The van der Waals surface area contributed by atoms with Crippen LogP contribution in [0.2, 0.25) is 0 Å². The van der Waals surface area contributed by atoms with Gasteiger partial charge in [0.1, 0.15) is 5.75 Å². The maximum absolute atomic E-state index is 14.5. The maximum Gasteiger partial charge on any atom is 0.434 e. The Labute approximate surface area is 298 Å². The lowest BCUT2D eigenvalue weighted by Gasteiger charge is -2.46. The smallest absolute Gasteiger partial charge is 0.434 e. The number of benzene rings is 1. The molecule has 15 heteroatoms. The van der Waals surface area contributed by atoms with Crippen molar-refractivity contribution in [3.8, 4) is 17.1 Å². The van der Waals surface area contributed by atoms with Gasteiger partial charge in [0.25, 0.3) is 11.8 Å². The first-order valence-corrected chi connectivity index (χ1v) is 18.1. The molecule has 282 valence electrons. The molecule has 52 heavy (non-hydrogen) atoms. The number of aliphatic carboxylic acids is 1. The number of aromatic nitrogens is 3.